The average molecular weight is 539 g/mol. The summed E-state index contributed by atoms with van der Waals surface area (Å²) in [5.41, 5.74) is 4.04. The van der Waals surface area contributed by atoms with Crippen LogP contribution in [0.3, 0.4) is 0 Å². The van der Waals surface area contributed by atoms with Gasteiger partial charge >= 0.3 is 0 Å². The minimum atomic E-state index is -3.74. The number of aliphatic hydroxyl groups is 1. The Morgan fingerprint density at radius 1 is 0.921 bits per heavy atom. The summed E-state index contributed by atoms with van der Waals surface area (Å²) in [7, 11) is -3.74. The molecule has 3 N–H and O–H groups in total. The van der Waals surface area contributed by atoms with E-state index in [9.17, 15) is 18.3 Å². The van der Waals surface area contributed by atoms with E-state index in [0.29, 0.717) is 12.3 Å². The van der Waals surface area contributed by atoms with E-state index < -0.39 is 22.0 Å². The molecule has 1 atom stereocenters. The van der Waals surface area contributed by atoms with Crippen molar-refractivity contribution < 1.29 is 23.1 Å². The van der Waals surface area contributed by atoms with Crippen LogP contribution in [0.2, 0.25) is 0 Å². The zero-order valence-corrected chi connectivity index (χ0v) is 23.3. The summed E-state index contributed by atoms with van der Waals surface area (Å²) in [4.78, 5) is 12.8. The summed E-state index contributed by atoms with van der Waals surface area (Å²) in [5.74, 6) is -0.603. The quantitative estimate of drug-likeness (QED) is 0.272. The van der Waals surface area contributed by atoms with Gasteiger partial charge in [0.15, 0.2) is 0 Å². The number of sulfonamides is 1. The van der Waals surface area contributed by atoms with Crippen LogP contribution in [0.25, 0.3) is 11.1 Å². The fraction of sp³-hybridized carbons (Fsp3) is 0.367. The molecular formula is C30H38N2O5S. The summed E-state index contributed by atoms with van der Waals surface area (Å²) < 4.78 is 32.6. The van der Waals surface area contributed by atoms with E-state index in [2.05, 4.69) is 10.0 Å². The van der Waals surface area contributed by atoms with Crippen molar-refractivity contribution in [2.75, 3.05) is 18.8 Å². The first-order chi connectivity index (χ1) is 18.0. The molecule has 0 unspecified atom stereocenters. The second kappa shape index (κ2) is 13.6. The number of aliphatic hydroxyl groups excluding tert-OH is 1. The largest absolute Gasteiger partial charge is 0.490 e. The van der Waals surface area contributed by atoms with Gasteiger partial charge in [0.1, 0.15) is 5.75 Å². The Kier molecular flexibility index (Phi) is 10.5. The third kappa shape index (κ3) is 8.97. The van der Waals surface area contributed by atoms with E-state index in [1.165, 1.54) is 0 Å². The number of benzene rings is 3. The molecule has 0 radical (unpaired) electrons. The highest BCUT2D eigenvalue weighted by Gasteiger charge is 2.21. The van der Waals surface area contributed by atoms with Gasteiger partial charge < -0.3 is 15.2 Å². The molecule has 1 amide bonds. The summed E-state index contributed by atoms with van der Waals surface area (Å²) in [6.45, 7) is 8.49. The minimum absolute atomic E-state index is 0.103. The van der Waals surface area contributed by atoms with E-state index >= 15 is 0 Å². The Balaban J connectivity index is 1.65. The number of carbonyl (C=O) groups is 1. The molecule has 0 aliphatic carbocycles. The molecule has 7 nitrogen and oxygen atoms in total. The maximum atomic E-state index is 12.8. The van der Waals surface area contributed by atoms with E-state index in [-0.39, 0.29) is 23.3 Å². The molecule has 8 heteroatoms. The molecule has 3 aromatic rings. The Morgan fingerprint density at radius 2 is 1.58 bits per heavy atom. The number of carbonyl (C=O) groups excluding carboxylic acids is 1. The molecule has 38 heavy (non-hydrogen) atoms. The molecule has 0 saturated heterocycles. The van der Waals surface area contributed by atoms with Crippen LogP contribution in [0.15, 0.2) is 72.8 Å². The van der Waals surface area contributed by atoms with Crippen LogP contribution in [0, 0.1) is 5.92 Å². The number of rotatable bonds is 13. The summed E-state index contributed by atoms with van der Waals surface area (Å²) in [6, 6.07) is 22.9. The second-order valence-electron chi connectivity index (χ2n) is 10.1. The summed E-state index contributed by atoms with van der Waals surface area (Å²) >= 11 is 0. The number of ether oxygens (including phenoxy) is 1. The Labute approximate surface area is 226 Å². The van der Waals surface area contributed by atoms with Crippen LogP contribution in [0.1, 0.15) is 55.3 Å². The van der Waals surface area contributed by atoms with Gasteiger partial charge in [-0.15, -0.1) is 0 Å². The van der Waals surface area contributed by atoms with Gasteiger partial charge in [-0.2, -0.15) is 0 Å². The van der Waals surface area contributed by atoms with Gasteiger partial charge in [-0.3, -0.25) is 4.79 Å². The molecule has 3 rings (SSSR count). The maximum Gasteiger partial charge on any atom is 0.268 e. The lowest BCUT2D eigenvalue weighted by Crippen LogP contribution is -2.34. The van der Waals surface area contributed by atoms with Gasteiger partial charge in [0, 0.05) is 6.54 Å². The first-order valence-corrected chi connectivity index (χ1v) is 14.6. The summed E-state index contributed by atoms with van der Waals surface area (Å²) in [6.07, 6.45) is 0.0774. The van der Waals surface area contributed by atoms with E-state index in [1.54, 1.807) is 32.0 Å². The molecular weight excluding hydrogens is 500 g/mol. The minimum Gasteiger partial charge on any atom is -0.490 e. The molecule has 0 heterocycles. The topological polar surface area (TPSA) is 105 Å². The second-order valence-corrected chi connectivity index (χ2v) is 11.8. The monoisotopic (exact) mass is 538 g/mol. The van der Waals surface area contributed by atoms with Crippen molar-refractivity contribution in [2.45, 2.75) is 46.3 Å². The first-order valence-electron chi connectivity index (χ1n) is 12.9. The fourth-order valence-corrected chi connectivity index (χ4v) is 5.40. The molecule has 0 spiro atoms. The van der Waals surface area contributed by atoms with Crippen LogP contribution >= 0.6 is 0 Å². The van der Waals surface area contributed by atoms with Gasteiger partial charge in [0.05, 0.1) is 23.5 Å². The maximum absolute atomic E-state index is 12.8. The van der Waals surface area contributed by atoms with Gasteiger partial charge in [0.25, 0.3) is 5.91 Å². The number of nitrogens with one attached hydrogen (secondary N) is 2. The zero-order valence-electron chi connectivity index (χ0n) is 22.5. The number of amides is 1. The van der Waals surface area contributed by atoms with Crippen molar-refractivity contribution in [3.63, 3.8) is 0 Å². The predicted octanol–water partition coefficient (Wildman–Crippen LogP) is 4.72. The molecule has 0 bridgehead atoms. The lowest BCUT2D eigenvalue weighted by atomic mass is 10.0. The SMILES string of the molecule is CC(C)CS(=O)(=O)NC(=O)c1ccc(-c2ccc(CCNC[C@@H](O)c3ccccc3)cc2)cc1OC(C)C. The highest BCUT2D eigenvalue weighted by atomic mass is 32.2. The molecule has 204 valence electrons. The third-order valence-corrected chi connectivity index (χ3v) is 7.39. The molecule has 0 aliphatic rings. The lowest BCUT2D eigenvalue weighted by molar-refractivity contribution is 0.0975. The van der Waals surface area contributed by atoms with Crippen LogP contribution < -0.4 is 14.8 Å². The van der Waals surface area contributed by atoms with Crippen LogP contribution in [-0.2, 0) is 16.4 Å². The molecule has 0 aromatic heterocycles. The summed E-state index contributed by atoms with van der Waals surface area (Å²) in [5, 5.41) is 13.6. The Hall–Kier alpha value is -3.20. The average Bonchev–Trinajstić information content (AvgIpc) is 2.86. The Bertz CT molecular complexity index is 1290. The molecule has 3 aromatic carbocycles. The number of hydrogen-bond donors (Lipinski definition) is 3. The molecule has 0 saturated carbocycles. The van der Waals surface area contributed by atoms with Crippen molar-refractivity contribution >= 4 is 15.9 Å². The van der Waals surface area contributed by atoms with Crippen molar-refractivity contribution in [2.24, 2.45) is 5.92 Å². The van der Waals surface area contributed by atoms with Crippen LogP contribution in [0.5, 0.6) is 5.75 Å². The van der Waals surface area contributed by atoms with Crippen LogP contribution in [-0.4, -0.2) is 44.4 Å². The van der Waals surface area contributed by atoms with Crippen molar-refractivity contribution in [1.29, 1.82) is 0 Å². The number of hydrogen-bond acceptors (Lipinski definition) is 6. The lowest BCUT2D eigenvalue weighted by Gasteiger charge is -2.16. The van der Waals surface area contributed by atoms with E-state index in [1.807, 2.05) is 68.4 Å². The standard InChI is InChI=1S/C30H38N2O5S/c1-21(2)20-38(35,36)32-30(34)27-15-14-26(18-29(27)37-22(3)4)24-12-10-23(11-13-24)16-17-31-19-28(33)25-8-6-5-7-9-25/h5-15,18,21-22,28,31,33H,16-17,19-20H2,1-4H3,(H,32,34)/t28-/m1/s1. The molecule has 0 aliphatic heterocycles. The first kappa shape index (κ1) is 29.4. The van der Waals surface area contributed by atoms with Gasteiger partial charge in [0.2, 0.25) is 10.0 Å². The predicted molar refractivity (Wildman–Crippen MR) is 152 cm³/mol. The fourth-order valence-electron chi connectivity index (χ4n) is 4.05. The van der Waals surface area contributed by atoms with Crippen molar-refractivity contribution in [1.82, 2.24) is 10.0 Å². The smallest absolute Gasteiger partial charge is 0.268 e. The van der Waals surface area contributed by atoms with E-state index in [4.69, 9.17) is 4.74 Å². The molecule has 0 fully saturated rings. The van der Waals surface area contributed by atoms with Crippen LogP contribution in [0.4, 0.5) is 0 Å². The highest BCUT2D eigenvalue weighted by Crippen LogP contribution is 2.29. The Morgan fingerprint density at radius 3 is 2.21 bits per heavy atom. The van der Waals surface area contributed by atoms with Gasteiger partial charge in [-0.05, 0) is 67.1 Å². The highest BCUT2D eigenvalue weighted by molar-refractivity contribution is 7.90. The van der Waals surface area contributed by atoms with Crippen molar-refractivity contribution in [3.8, 4) is 16.9 Å². The third-order valence-electron chi connectivity index (χ3n) is 5.79. The normalized spacial score (nSPS) is 12.5. The van der Waals surface area contributed by atoms with Gasteiger partial charge in [-0.25, -0.2) is 13.1 Å². The van der Waals surface area contributed by atoms with Gasteiger partial charge in [-0.1, -0.05) is 74.5 Å². The van der Waals surface area contributed by atoms with E-state index in [0.717, 1.165) is 35.2 Å². The zero-order chi connectivity index (χ0) is 27.7. The van der Waals surface area contributed by atoms with Crippen molar-refractivity contribution in [3.05, 3.63) is 89.5 Å².